The highest BCUT2D eigenvalue weighted by molar-refractivity contribution is 6.07. The van der Waals surface area contributed by atoms with E-state index < -0.39 is 0 Å². The van der Waals surface area contributed by atoms with Crippen molar-refractivity contribution in [1.82, 2.24) is 25.1 Å². The lowest BCUT2D eigenvalue weighted by Crippen LogP contribution is -2.38. The minimum absolute atomic E-state index is 0.0802. The average Bonchev–Trinajstić information content (AvgIpc) is 3.60. The Labute approximate surface area is 193 Å². The second-order valence-corrected chi connectivity index (χ2v) is 9.36. The van der Waals surface area contributed by atoms with Crippen LogP contribution in [0, 0.1) is 6.92 Å². The molecule has 2 aliphatic rings. The van der Waals surface area contributed by atoms with E-state index >= 15 is 0 Å². The molecule has 1 saturated heterocycles. The molecule has 33 heavy (non-hydrogen) atoms. The Kier molecular flexibility index (Phi) is 4.93. The Morgan fingerprint density at radius 2 is 1.70 bits per heavy atom. The van der Waals surface area contributed by atoms with Crippen molar-refractivity contribution in [3.05, 3.63) is 77.4 Å². The maximum absolute atomic E-state index is 13.7. The monoisotopic (exact) mass is 437 g/mol. The lowest BCUT2D eigenvalue weighted by Gasteiger charge is -2.31. The number of para-hydroxylation sites is 1. The number of aryl methyl sites for hydroxylation is 1. The van der Waals surface area contributed by atoms with E-state index in [1.807, 2.05) is 35.2 Å². The van der Waals surface area contributed by atoms with Gasteiger partial charge < -0.3 is 4.90 Å². The number of nitrogens with one attached hydrogen (secondary N) is 1. The van der Waals surface area contributed by atoms with Crippen molar-refractivity contribution in [2.45, 2.75) is 44.4 Å². The van der Waals surface area contributed by atoms with E-state index in [1.54, 1.807) is 0 Å². The van der Waals surface area contributed by atoms with Crippen LogP contribution in [0.1, 0.15) is 65.1 Å². The van der Waals surface area contributed by atoms with Gasteiger partial charge in [-0.15, -0.1) is 0 Å². The number of piperidine rings is 1. The maximum atomic E-state index is 13.7. The number of aromatic amines is 1. The summed E-state index contributed by atoms with van der Waals surface area (Å²) in [6.45, 7) is 3.51. The third-order valence-electron chi connectivity index (χ3n) is 6.93. The third kappa shape index (κ3) is 3.90. The van der Waals surface area contributed by atoms with Crippen molar-refractivity contribution in [1.29, 1.82) is 0 Å². The molecule has 1 amide bonds. The normalized spacial score (nSPS) is 16.9. The zero-order valence-corrected chi connectivity index (χ0v) is 18.8. The number of nitrogens with zero attached hydrogens (tertiary/aromatic N) is 4. The SMILES string of the molecule is Cc1ccc(-c2cc(C(=O)N3CCC(c4nc(C5CC5)n[nH]4)CC3)c3ccccc3n2)cc1. The fourth-order valence-electron chi connectivity index (χ4n) is 4.75. The van der Waals surface area contributed by atoms with Crippen LogP contribution in [0.3, 0.4) is 0 Å². The van der Waals surface area contributed by atoms with Crippen LogP contribution in [0.25, 0.3) is 22.2 Å². The number of fused-ring (bicyclic) bond motifs is 1. The molecule has 1 aliphatic heterocycles. The Morgan fingerprint density at radius 3 is 2.45 bits per heavy atom. The lowest BCUT2D eigenvalue weighted by molar-refractivity contribution is 0.0713. The van der Waals surface area contributed by atoms with Gasteiger partial charge in [-0.1, -0.05) is 48.0 Å². The molecule has 166 valence electrons. The van der Waals surface area contributed by atoms with Crippen LogP contribution in [-0.2, 0) is 0 Å². The van der Waals surface area contributed by atoms with Crippen LogP contribution in [0.5, 0.6) is 0 Å². The third-order valence-corrected chi connectivity index (χ3v) is 6.93. The number of pyridine rings is 1. The number of H-pyrrole nitrogens is 1. The molecular weight excluding hydrogens is 410 g/mol. The van der Waals surface area contributed by atoms with Crippen LogP contribution in [0.15, 0.2) is 54.6 Å². The summed E-state index contributed by atoms with van der Waals surface area (Å²) in [5, 5.41) is 8.47. The highest BCUT2D eigenvalue weighted by Crippen LogP contribution is 2.38. The number of carbonyl (C=O) groups excluding carboxylic acids is 1. The number of likely N-dealkylation sites (tertiary alicyclic amines) is 1. The molecule has 1 aliphatic carbocycles. The summed E-state index contributed by atoms with van der Waals surface area (Å²) in [7, 11) is 0. The minimum atomic E-state index is 0.0802. The summed E-state index contributed by atoms with van der Waals surface area (Å²) >= 11 is 0. The van der Waals surface area contributed by atoms with Crippen LogP contribution in [-0.4, -0.2) is 44.1 Å². The number of hydrogen-bond donors (Lipinski definition) is 1. The van der Waals surface area contributed by atoms with Crippen molar-refractivity contribution in [2.24, 2.45) is 0 Å². The average molecular weight is 438 g/mol. The van der Waals surface area contributed by atoms with Crippen molar-refractivity contribution in [2.75, 3.05) is 13.1 Å². The molecule has 6 nitrogen and oxygen atoms in total. The Hall–Kier alpha value is -3.54. The van der Waals surface area contributed by atoms with E-state index in [2.05, 4.69) is 41.4 Å². The van der Waals surface area contributed by atoms with E-state index in [4.69, 9.17) is 9.97 Å². The molecular formula is C27H27N5O. The molecule has 2 fully saturated rings. The van der Waals surface area contributed by atoms with Gasteiger partial charge in [-0.05, 0) is 44.7 Å². The van der Waals surface area contributed by atoms with Crippen molar-refractivity contribution in [3.8, 4) is 11.3 Å². The van der Waals surface area contributed by atoms with Crippen LogP contribution in [0.4, 0.5) is 0 Å². The molecule has 6 rings (SSSR count). The Bertz CT molecular complexity index is 1310. The van der Waals surface area contributed by atoms with Gasteiger partial charge >= 0.3 is 0 Å². The van der Waals surface area contributed by atoms with Gasteiger partial charge in [0.2, 0.25) is 0 Å². The van der Waals surface area contributed by atoms with E-state index in [0.717, 1.165) is 65.3 Å². The van der Waals surface area contributed by atoms with Gasteiger partial charge in [-0.3, -0.25) is 9.89 Å². The molecule has 2 aromatic heterocycles. The van der Waals surface area contributed by atoms with Gasteiger partial charge in [-0.25, -0.2) is 9.97 Å². The van der Waals surface area contributed by atoms with E-state index in [9.17, 15) is 4.79 Å². The summed E-state index contributed by atoms with van der Waals surface area (Å²) in [6, 6.07) is 18.2. The van der Waals surface area contributed by atoms with Crippen LogP contribution >= 0.6 is 0 Å². The van der Waals surface area contributed by atoms with Crippen molar-refractivity contribution in [3.63, 3.8) is 0 Å². The van der Waals surface area contributed by atoms with Crippen molar-refractivity contribution >= 4 is 16.8 Å². The first-order chi connectivity index (χ1) is 16.2. The van der Waals surface area contributed by atoms with E-state index in [0.29, 0.717) is 11.8 Å². The Balaban J connectivity index is 1.26. The predicted octanol–water partition coefficient (Wildman–Crippen LogP) is 5.23. The molecule has 0 unspecified atom stereocenters. The van der Waals surface area contributed by atoms with Gasteiger partial charge in [0.1, 0.15) is 5.82 Å². The molecule has 1 saturated carbocycles. The first-order valence-electron chi connectivity index (χ1n) is 11.8. The summed E-state index contributed by atoms with van der Waals surface area (Å²) in [4.78, 5) is 25.2. The first kappa shape index (κ1) is 20.1. The van der Waals surface area contributed by atoms with Gasteiger partial charge in [0.25, 0.3) is 5.91 Å². The molecule has 4 aromatic rings. The standard InChI is InChI=1S/C27H27N5O/c1-17-6-8-18(9-7-17)24-16-22(21-4-2-3-5-23(21)28-24)27(33)32-14-12-20(13-15-32)26-29-25(30-31-26)19-10-11-19/h2-9,16,19-20H,10-15H2,1H3,(H,29,30,31). The zero-order valence-electron chi connectivity index (χ0n) is 18.8. The number of rotatable bonds is 4. The molecule has 3 heterocycles. The molecule has 0 atom stereocenters. The topological polar surface area (TPSA) is 74.8 Å². The summed E-state index contributed by atoms with van der Waals surface area (Å²) in [5.74, 6) is 2.93. The summed E-state index contributed by atoms with van der Waals surface area (Å²) < 4.78 is 0. The number of carbonyl (C=O) groups is 1. The van der Waals surface area contributed by atoms with Gasteiger partial charge in [0.15, 0.2) is 5.82 Å². The zero-order chi connectivity index (χ0) is 22.4. The van der Waals surface area contributed by atoms with Gasteiger partial charge in [-0.2, -0.15) is 5.10 Å². The van der Waals surface area contributed by atoms with E-state index in [1.165, 1.54) is 18.4 Å². The number of benzene rings is 2. The van der Waals surface area contributed by atoms with Crippen LogP contribution in [0.2, 0.25) is 0 Å². The van der Waals surface area contributed by atoms with Gasteiger partial charge in [0.05, 0.1) is 16.8 Å². The van der Waals surface area contributed by atoms with Gasteiger partial charge in [0, 0.05) is 35.9 Å². The lowest BCUT2D eigenvalue weighted by atomic mass is 9.95. The largest absolute Gasteiger partial charge is 0.339 e. The molecule has 0 radical (unpaired) electrons. The fraction of sp³-hybridized carbons (Fsp3) is 0.333. The quantitative estimate of drug-likeness (QED) is 0.475. The van der Waals surface area contributed by atoms with E-state index in [-0.39, 0.29) is 5.91 Å². The highest BCUT2D eigenvalue weighted by Gasteiger charge is 2.31. The second kappa shape index (κ2) is 8.10. The van der Waals surface area contributed by atoms with Crippen LogP contribution < -0.4 is 0 Å². The number of hydrogen-bond acceptors (Lipinski definition) is 4. The predicted molar refractivity (Wildman–Crippen MR) is 128 cm³/mol. The summed E-state index contributed by atoms with van der Waals surface area (Å²) in [5.41, 5.74) is 4.64. The highest BCUT2D eigenvalue weighted by atomic mass is 16.2. The Morgan fingerprint density at radius 1 is 0.939 bits per heavy atom. The maximum Gasteiger partial charge on any atom is 0.254 e. The molecule has 2 aromatic carbocycles. The number of amides is 1. The summed E-state index contributed by atoms with van der Waals surface area (Å²) in [6.07, 6.45) is 4.21. The fourth-order valence-corrected chi connectivity index (χ4v) is 4.75. The molecule has 0 bridgehead atoms. The molecule has 1 N–H and O–H groups in total. The number of aromatic nitrogens is 4. The minimum Gasteiger partial charge on any atom is -0.339 e. The van der Waals surface area contributed by atoms with Crippen molar-refractivity contribution < 1.29 is 4.79 Å². The second-order valence-electron chi connectivity index (χ2n) is 9.36. The molecule has 0 spiro atoms. The molecule has 6 heteroatoms. The first-order valence-corrected chi connectivity index (χ1v) is 11.8. The smallest absolute Gasteiger partial charge is 0.254 e.